The van der Waals surface area contributed by atoms with E-state index in [2.05, 4.69) is 10.2 Å². The number of amides is 1. The van der Waals surface area contributed by atoms with Gasteiger partial charge >= 0.3 is 0 Å². The number of carbonyl (C=O) groups is 1. The molecule has 2 aromatic rings. The summed E-state index contributed by atoms with van der Waals surface area (Å²) < 4.78 is 10.7. The van der Waals surface area contributed by atoms with Gasteiger partial charge in [-0.2, -0.15) is 5.10 Å². The van der Waals surface area contributed by atoms with Crippen molar-refractivity contribution in [1.29, 1.82) is 0 Å². The average Bonchev–Trinajstić information content (AvgIpc) is 2.91. The summed E-state index contributed by atoms with van der Waals surface area (Å²) in [4.78, 5) is 14.5. The summed E-state index contributed by atoms with van der Waals surface area (Å²) in [6.45, 7) is 6.20. The van der Waals surface area contributed by atoms with E-state index in [1.807, 2.05) is 39.0 Å². The molecule has 0 aliphatic carbocycles. The van der Waals surface area contributed by atoms with Crippen LogP contribution in [0.3, 0.4) is 0 Å². The molecule has 6 heteroatoms. The highest BCUT2D eigenvalue weighted by atomic mass is 16.5. The van der Waals surface area contributed by atoms with Crippen LogP contribution in [0.5, 0.6) is 11.5 Å². The zero-order valence-corrected chi connectivity index (χ0v) is 15.1. The molecule has 0 saturated heterocycles. The van der Waals surface area contributed by atoms with Crippen LogP contribution in [-0.2, 0) is 11.3 Å². The Kier molecular flexibility index (Phi) is 5.49. The average molecular weight is 331 g/mol. The predicted molar refractivity (Wildman–Crippen MR) is 92.5 cm³/mol. The number of benzene rings is 1. The summed E-state index contributed by atoms with van der Waals surface area (Å²) >= 11 is 0. The first-order valence-electron chi connectivity index (χ1n) is 7.86. The first kappa shape index (κ1) is 17.8. The van der Waals surface area contributed by atoms with Crippen molar-refractivity contribution < 1.29 is 14.3 Å². The van der Waals surface area contributed by atoms with Gasteiger partial charge in [0.2, 0.25) is 5.91 Å². The lowest BCUT2D eigenvalue weighted by Gasteiger charge is -2.23. The highest BCUT2D eigenvalue weighted by molar-refractivity contribution is 5.83. The van der Waals surface area contributed by atoms with Gasteiger partial charge in [-0.05, 0) is 39.0 Å². The molecule has 24 heavy (non-hydrogen) atoms. The standard InChI is InChI=1S/C18H25N3O3/c1-11(17-12(2)19-20-13(17)3)18(22)21(4)10-14-9-15(23-5)7-8-16(14)24-6/h7-9,11H,10H2,1-6H3,(H,19,20)/t11-/m1/s1. The van der Waals surface area contributed by atoms with Crippen LogP contribution < -0.4 is 9.47 Å². The van der Waals surface area contributed by atoms with Crippen molar-refractivity contribution in [3.8, 4) is 11.5 Å². The maximum atomic E-state index is 12.8. The minimum atomic E-state index is -0.259. The monoisotopic (exact) mass is 331 g/mol. The van der Waals surface area contributed by atoms with Crippen molar-refractivity contribution in [3.63, 3.8) is 0 Å². The predicted octanol–water partition coefficient (Wildman–Crippen LogP) is 2.81. The van der Waals surface area contributed by atoms with Gasteiger partial charge in [-0.3, -0.25) is 9.89 Å². The molecule has 0 aliphatic rings. The van der Waals surface area contributed by atoms with Crippen molar-refractivity contribution in [2.24, 2.45) is 0 Å². The number of hydrogen-bond donors (Lipinski definition) is 1. The number of rotatable bonds is 6. The van der Waals surface area contributed by atoms with Crippen LogP contribution in [0.4, 0.5) is 0 Å². The molecule has 6 nitrogen and oxygen atoms in total. The van der Waals surface area contributed by atoms with Crippen molar-refractivity contribution in [3.05, 3.63) is 40.7 Å². The van der Waals surface area contributed by atoms with E-state index < -0.39 is 0 Å². The highest BCUT2D eigenvalue weighted by Crippen LogP contribution is 2.27. The molecule has 1 atom stereocenters. The van der Waals surface area contributed by atoms with Crippen LogP contribution >= 0.6 is 0 Å². The van der Waals surface area contributed by atoms with Gasteiger partial charge in [0.15, 0.2) is 0 Å². The number of ether oxygens (including phenoxy) is 2. The third-order valence-electron chi connectivity index (χ3n) is 4.26. The normalized spacial score (nSPS) is 11.9. The molecule has 1 amide bonds. The van der Waals surface area contributed by atoms with E-state index in [0.717, 1.165) is 34.0 Å². The Balaban J connectivity index is 2.20. The Morgan fingerprint density at radius 3 is 2.54 bits per heavy atom. The number of likely N-dealkylation sites (N-methyl/N-ethyl adjacent to an activating group) is 1. The second-order valence-electron chi connectivity index (χ2n) is 5.94. The molecular formula is C18H25N3O3. The molecule has 1 aromatic heterocycles. The number of carbonyl (C=O) groups excluding carboxylic acids is 1. The largest absolute Gasteiger partial charge is 0.497 e. The quantitative estimate of drug-likeness (QED) is 0.884. The molecule has 0 radical (unpaired) electrons. The Morgan fingerprint density at radius 2 is 2.00 bits per heavy atom. The maximum Gasteiger partial charge on any atom is 0.230 e. The summed E-state index contributed by atoms with van der Waals surface area (Å²) in [5.41, 5.74) is 3.66. The zero-order valence-electron chi connectivity index (χ0n) is 15.1. The second kappa shape index (κ2) is 7.38. The number of aryl methyl sites for hydroxylation is 2. The van der Waals surface area contributed by atoms with Gasteiger partial charge in [-0.15, -0.1) is 0 Å². The molecule has 130 valence electrons. The fourth-order valence-corrected chi connectivity index (χ4v) is 2.99. The fourth-order valence-electron chi connectivity index (χ4n) is 2.99. The van der Waals surface area contributed by atoms with E-state index in [0.29, 0.717) is 6.54 Å². The Bertz CT molecular complexity index is 705. The van der Waals surface area contributed by atoms with Crippen LogP contribution in [0, 0.1) is 13.8 Å². The Labute approximate surface area is 142 Å². The van der Waals surface area contributed by atoms with Crippen LogP contribution in [0.2, 0.25) is 0 Å². The molecule has 0 fully saturated rings. The molecule has 0 spiro atoms. The van der Waals surface area contributed by atoms with E-state index in [4.69, 9.17) is 9.47 Å². The summed E-state index contributed by atoms with van der Waals surface area (Å²) in [7, 11) is 5.03. The van der Waals surface area contributed by atoms with Crippen LogP contribution in [-0.4, -0.2) is 42.3 Å². The van der Waals surface area contributed by atoms with Gasteiger partial charge in [0.1, 0.15) is 11.5 Å². The third-order valence-corrected chi connectivity index (χ3v) is 4.26. The number of H-pyrrole nitrogens is 1. The number of aromatic nitrogens is 2. The van der Waals surface area contributed by atoms with E-state index in [9.17, 15) is 4.79 Å². The first-order chi connectivity index (χ1) is 11.4. The SMILES string of the molecule is COc1ccc(OC)c(CN(C)C(=O)[C@H](C)c2c(C)n[nH]c2C)c1. The maximum absolute atomic E-state index is 12.8. The second-order valence-corrected chi connectivity index (χ2v) is 5.94. The zero-order chi connectivity index (χ0) is 17.9. The molecule has 0 saturated carbocycles. The van der Waals surface area contributed by atoms with Gasteiger partial charge in [-0.1, -0.05) is 0 Å². The lowest BCUT2D eigenvalue weighted by molar-refractivity contribution is -0.131. The minimum Gasteiger partial charge on any atom is -0.497 e. The molecule has 1 heterocycles. The minimum absolute atomic E-state index is 0.0347. The van der Waals surface area contributed by atoms with Crippen LogP contribution in [0.1, 0.15) is 35.4 Å². The molecule has 0 unspecified atom stereocenters. The van der Waals surface area contributed by atoms with Crippen LogP contribution in [0.15, 0.2) is 18.2 Å². The van der Waals surface area contributed by atoms with Gasteiger partial charge in [-0.25, -0.2) is 0 Å². The van der Waals surface area contributed by atoms with E-state index in [1.165, 1.54) is 0 Å². The molecule has 1 N–H and O–H groups in total. The number of aromatic amines is 1. The number of hydrogen-bond acceptors (Lipinski definition) is 4. The molecular weight excluding hydrogens is 306 g/mol. The summed E-state index contributed by atoms with van der Waals surface area (Å²) in [6, 6.07) is 5.58. The van der Waals surface area contributed by atoms with Crippen molar-refractivity contribution in [1.82, 2.24) is 15.1 Å². The van der Waals surface area contributed by atoms with E-state index in [-0.39, 0.29) is 11.8 Å². The van der Waals surface area contributed by atoms with Crippen LogP contribution in [0.25, 0.3) is 0 Å². The number of nitrogens with one attached hydrogen (secondary N) is 1. The number of nitrogens with zero attached hydrogens (tertiary/aromatic N) is 2. The topological polar surface area (TPSA) is 67.5 Å². The van der Waals surface area contributed by atoms with Crippen molar-refractivity contribution >= 4 is 5.91 Å². The molecule has 2 rings (SSSR count). The smallest absolute Gasteiger partial charge is 0.230 e. The molecule has 1 aromatic carbocycles. The Morgan fingerprint density at radius 1 is 1.29 bits per heavy atom. The highest BCUT2D eigenvalue weighted by Gasteiger charge is 2.24. The van der Waals surface area contributed by atoms with E-state index >= 15 is 0 Å². The Hall–Kier alpha value is -2.50. The lowest BCUT2D eigenvalue weighted by Crippen LogP contribution is -2.30. The van der Waals surface area contributed by atoms with E-state index in [1.54, 1.807) is 26.2 Å². The number of methoxy groups -OCH3 is 2. The van der Waals surface area contributed by atoms with Gasteiger partial charge in [0, 0.05) is 30.4 Å². The van der Waals surface area contributed by atoms with Crippen molar-refractivity contribution in [2.75, 3.05) is 21.3 Å². The molecule has 0 aliphatic heterocycles. The summed E-state index contributed by atoms with van der Waals surface area (Å²) in [5.74, 6) is 1.25. The van der Waals surface area contributed by atoms with Crippen molar-refractivity contribution in [2.45, 2.75) is 33.2 Å². The summed E-state index contributed by atoms with van der Waals surface area (Å²) in [5, 5.41) is 7.12. The summed E-state index contributed by atoms with van der Waals surface area (Å²) in [6.07, 6.45) is 0. The van der Waals surface area contributed by atoms with Gasteiger partial charge in [0.25, 0.3) is 0 Å². The van der Waals surface area contributed by atoms with Gasteiger partial charge < -0.3 is 14.4 Å². The molecule has 0 bridgehead atoms. The fraction of sp³-hybridized carbons (Fsp3) is 0.444. The third kappa shape index (κ3) is 3.53. The first-order valence-corrected chi connectivity index (χ1v) is 7.86. The van der Waals surface area contributed by atoms with Gasteiger partial charge in [0.05, 0.1) is 25.8 Å². The lowest BCUT2D eigenvalue weighted by atomic mass is 9.97.